The zero-order valence-electron chi connectivity index (χ0n) is 15.2. The highest BCUT2D eigenvalue weighted by Gasteiger charge is 2.43. The summed E-state index contributed by atoms with van der Waals surface area (Å²) in [7, 11) is 0. The monoisotopic (exact) mass is 374 g/mol. The maximum atomic E-state index is 13.8. The maximum absolute atomic E-state index is 13.8. The molecular weight excluding hydrogens is 352 g/mol. The molecule has 3 nitrogen and oxygen atoms in total. The van der Waals surface area contributed by atoms with Gasteiger partial charge in [0.1, 0.15) is 0 Å². The van der Waals surface area contributed by atoms with Crippen LogP contribution in [0.25, 0.3) is 16.9 Å². The lowest BCUT2D eigenvalue weighted by Gasteiger charge is -2.42. The van der Waals surface area contributed by atoms with Gasteiger partial charge in [0.2, 0.25) is 0 Å². The Bertz CT molecular complexity index is 1070. The maximum Gasteiger partial charge on any atom is 0.263 e. The van der Waals surface area contributed by atoms with Gasteiger partial charge in [-0.05, 0) is 37.0 Å². The number of aromatic nitrogens is 2. The van der Waals surface area contributed by atoms with Crippen LogP contribution < -0.4 is 5.56 Å². The third-order valence-electron chi connectivity index (χ3n) is 6.22. The number of nitrogens with zero attached hydrogens (tertiary/aromatic N) is 2. The van der Waals surface area contributed by atoms with Crippen molar-refractivity contribution in [2.24, 2.45) is 0 Å². The predicted molar refractivity (Wildman–Crippen MR) is 111 cm³/mol. The molecule has 2 aliphatic rings. The average molecular weight is 375 g/mol. The molecule has 1 aromatic heterocycles. The van der Waals surface area contributed by atoms with Gasteiger partial charge in [0.15, 0.2) is 5.16 Å². The van der Waals surface area contributed by atoms with Crippen molar-refractivity contribution in [2.45, 2.75) is 49.1 Å². The van der Waals surface area contributed by atoms with Gasteiger partial charge in [-0.25, -0.2) is 4.98 Å². The molecule has 136 valence electrons. The molecule has 1 heterocycles. The Morgan fingerprint density at radius 1 is 0.926 bits per heavy atom. The number of fused-ring (bicyclic) bond motifs is 4. The Morgan fingerprint density at radius 2 is 1.63 bits per heavy atom. The van der Waals surface area contributed by atoms with Crippen LogP contribution in [0, 0.1) is 0 Å². The Morgan fingerprint density at radius 3 is 2.41 bits per heavy atom. The Kier molecular flexibility index (Phi) is 3.97. The van der Waals surface area contributed by atoms with E-state index in [1.165, 1.54) is 24.8 Å². The summed E-state index contributed by atoms with van der Waals surface area (Å²) in [6.07, 6.45) is 6.67. The molecule has 0 N–H and O–H groups in total. The first-order valence-electron chi connectivity index (χ1n) is 9.70. The molecule has 0 bridgehead atoms. The minimum absolute atomic E-state index is 0.0487. The van der Waals surface area contributed by atoms with Crippen molar-refractivity contribution < 1.29 is 0 Å². The minimum Gasteiger partial charge on any atom is -0.268 e. The van der Waals surface area contributed by atoms with Crippen molar-refractivity contribution in [1.82, 2.24) is 9.55 Å². The summed E-state index contributed by atoms with van der Waals surface area (Å²) in [4.78, 5) is 18.7. The van der Waals surface area contributed by atoms with Gasteiger partial charge in [-0.2, -0.15) is 0 Å². The lowest BCUT2D eigenvalue weighted by Crippen LogP contribution is -2.42. The van der Waals surface area contributed by atoms with Crippen molar-refractivity contribution >= 4 is 12.6 Å². The second-order valence-electron chi connectivity index (χ2n) is 7.79. The van der Waals surface area contributed by atoms with E-state index in [1.807, 2.05) is 36.4 Å². The smallest absolute Gasteiger partial charge is 0.263 e. The fraction of sp³-hybridized carbons (Fsp3) is 0.304. The molecule has 0 radical (unpaired) electrons. The number of hydrogen-bond donors (Lipinski definition) is 1. The molecular formula is C23H22N2OS. The molecule has 0 aliphatic heterocycles. The average Bonchev–Trinajstić information content (AvgIpc) is 2.69. The highest BCUT2D eigenvalue weighted by Crippen LogP contribution is 2.48. The summed E-state index contributed by atoms with van der Waals surface area (Å²) in [6, 6.07) is 18.1. The van der Waals surface area contributed by atoms with Crippen LogP contribution in [0.2, 0.25) is 0 Å². The van der Waals surface area contributed by atoms with E-state index in [4.69, 9.17) is 4.98 Å². The molecule has 1 spiro atoms. The Labute approximate surface area is 164 Å². The Hall–Kier alpha value is -2.33. The first-order valence-corrected chi connectivity index (χ1v) is 10.1. The van der Waals surface area contributed by atoms with Crippen LogP contribution in [0.1, 0.15) is 43.2 Å². The summed E-state index contributed by atoms with van der Waals surface area (Å²) >= 11 is 4.61. The quantitative estimate of drug-likeness (QED) is 0.483. The molecule has 0 unspecified atom stereocenters. The third kappa shape index (κ3) is 2.58. The molecule has 3 aromatic rings. The predicted octanol–water partition coefficient (Wildman–Crippen LogP) is 4.95. The van der Waals surface area contributed by atoms with Gasteiger partial charge in [0.25, 0.3) is 5.56 Å². The van der Waals surface area contributed by atoms with Gasteiger partial charge in [-0.1, -0.05) is 61.7 Å². The molecule has 27 heavy (non-hydrogen) atoms. The van der Waals surface area contributed by atoms with E-state index in [1.54, 1.807) is 4.57 Å². The fourth-order valence-corrected chi connectivity index (χ4v) is 5.31. The summed E-state index contributed by atoms with van der Waals surface area (Å²) < 4.78 is 1.67. The molecule has 5 rings (SSSR count). The van der Waals surface area contributed by atoms with E-state index < -0.39 is 0 Å². The zero-order valence-corrected chi connectivity index (χ0v) is 16.1. The van der Waals surface area contributed by atoms with Crippen LogP contribution in [0.15, 0.2) is 64.5 Å². The molecule has 1 fully saturated rings. The molecule has 0 amide bonds. The van der Waals surface area contributed by atoms with Crippen molar-refractivity contribution in [1.29, 1.82) is 0 Å². The lowest BCUT2D eigenvalue weighted by atomic mass is 9.62. The van der Waals surface area contributed by atoms with E-state index in [0.29, 0.717) is 5.16 Å². The molecule has 2 aromatic carbocycles. The van der Waals surface area contributed by atoms with Crippen LogP contribution in [0.5, 0.6) is 0 Å². The summed E-state index contributed by atoms with van der Waals surface area (Å²) in [5, 5.41) is 0.451. The van der Waals surface area contributed by atoms with Crippen LogP contribution in [-0.2, 0) is 11.8 Å². The minimum atomic E-state index is -0.0932. The number of benzene rings is 2. The van der Waals surface area contributed by atoms with E-state index in [0.717, 1.165) is 41.8 Å². The Balaban J connectivity index is 1.84. The van der Waals surface area contributed by atoms with Crippen LogP contribution in [0.3, 0.4) is 0 Å². The van der Waals surface area contributed by atoms with Gasteiger partial charge >= 0.3 is 0 Å². The SMILES string of the molecule is O=c1c2c(nc(S)n1-c1ccccc1)-c1ccccc1CC21CCCCC1. The van der Waals surface area contributed by atoms with Gasteiger partial charge in [0, 0.05) is 11.0 Å². The molecule has 2 aliphatic carbocycles. The van der Waals surface area contributed by atoms with Crippen molar-refractivity contribution in [3.8, 4) is 16.9 Å². The number of thiol groups is 1. The second kappa shape index (κ2) is 6.38. The second-order valence-corrected chi connectivity index (χ2v) is 8.19. The number of para-hydroxylation sites is 1. The van der Waals surface area contributed by atoms with Gasteiger partial charge < -0.3 is 0 Å². The van der Waals surface area contributed by atoms with E-state index >= 15 is 0 Å². The largest absolute Gasteiger partial charge is 0.268 e. The highest BCUT2D eigenvalue weighted by molar-refractivity contribution is 7.80. The lowest BCUT2D eigenvalue weighted by molar-refractivity contribution is 0.283. The van der Waals surface area contributed by atoms with Crippen molar-refractivity contribution in [3.63, 3.8) is 0 Å². The first-order chi connectivity index (χ1) is 13.2. The van der Waals surface area contributed by atoms with Crippen molar-refractivity contribution in [3.05, 3.63) is 76.1 Å². The summed E-state index contributed by atoms with van der Waals surface area (Å²) in [5.74, 6) is 0. The summed E-state index contributed by atoms with van der Waals surface area (Å²) in [6.45, 7) is 0. The third-order valence-corrected chi connectivity index (χ3v) is 6.52. The van der Waals surface area contributed by atoms with Crippen molar-refractivity contribution in [2.75, 3.05) is 0 Å². The van der Waals surface area contributed by atoms with Crippen LogP contribution >= 0.6 is 12.6 Å². The van der Waals surface area contributed by atoms with E-state index in [-0.39, 0.29) is 11.0 Å². The van der Waals surface area contributed by atoms with Gasteiger partial charge in [0.05, 0.1) is 16.9 Å². The molecule has 0 saturated heterocycles. The normalized spacial score (nSPS) is 17.4. The fourth-order valence-electron chi connectivity index (χ4n) is 5.01. The number of hydrogen-bond acceptors (Lipinski definition) is 3. The molecule has 4 heteroatoms. The topological polar surface area (TPSA) is 34.9 Å². The zero-order chi connectivity index (χ0) is 18.4. The first kappa shape index (κ1) is 16.8. The van der Waals surface area contributed by atoms with E-state index in [9.17, 15) is 4.79 Å². The van der Waals surface area contributed by atoms with Crippen LogP contribution in [0.4, 0.5) is 0 Å². The van der Waals surface area contributed by atoms with Crippen LogP contribution in [-0.4, -0.2) is 9.55 Å². The molecule has 1 saturated carbocycles. The standard InChI is InChI=1S/C23H22N2OS/c26-21-19-20(24-22(27)25(21)17-10-3-1-4-11-17)18-12-6-5-9-16(18)15-23(19)13-7-2-8-14-23/h1,3-6,9-12H,2,7-8,13-15H2,(H,24,27). The highest BCUT2D eigenvalue weighted by atomic mass is 32.1. The molecule has 0 atom stereocenters. The number of rotatable bonds is 1. The van der Waals surface area contributed by atoms with E-state index in [2.05, 4.69) is 30.8 Å². The van der Waals surface area contributed by atoms with Gasteiger partial charge in [-0.15, -0.1) is 12.6 Å². The summed E-state index contributed by atoms with van der Waals surface area (Å²) in [5.41, 5.74) is 4.94. The van der Waals surface area contributed by atoms with Gasteiger partial charge in [-0.3, -0.25) is 9.36 Å².